The first-order chi connectivity index (χ1) is 10.0. The molecule has 0 saturated carbocycles. The van der Waals surface area contributed by atoms with E-state index in [4.69, 9.17) is 11.6 Å². The molecule has 114 valence electrons. The summed E-state index contributed by atoms with van der Waals surface area (Å²) in [5.74, 6) is 0. The molecule has 0 aliphatic heterocycles. The van der Waals surface area contributed by atoms with Gasteiger partial charge in [0.15, 0.2) is 0 Å². The molecule has 0 spiro atoms. The predicted octanol–water partition coefficient (Wildman–Crippen LogP) is 1.92. The first-order valence-electron chi connectivity index (χ1n) is 6.41. The van der Waals surface area contributed by atoms with Crippen LogP contribution in [0.1, 0.15) is 18.2 Å². The first-order valence-corrected chi connectivity index (χ1v) is 8.27. The number of sulfonamides is 1. The molecule has 2 N–H and O–H groups in total. The summed E-state index contributed by atoms with van der Waals surface area (Å²) in [6.07, 6.45) is 1.38. The first kappa shape index (κ1) is 16.0. The van der Waals surface area contributed by atoms with E-state index < -0.39 is 10.0 Å². The molecular weight excluding hydrogens is 314 g/mol. The summed E-state index contributed by atoms with van der Waals surface area (Å²) in [4.78, 5) is 0.122. The van der Waals surface area contributed by atoms with E-state index in [1.807, 2.05) is 6.92 Å². The van der Waals surface area contributed by atoms with Gasteiger partial charge in [0.25, 0.3) is 0 Å². The average molecular weight is 330 g/mol. The van der Waals surface area contributed by atoms with Crippen LogP contribution in [0.25, 0.3) is 0 Å². The van der Waals surface area contributed by atoms with Crippen LogP contribution in [-0.2, 0) is 23.1 Å². The summed E-state index contributed by atoms with van der Waals surface area (Å²) in [5, 5.41) is 7.20. The Balaban J connectivity index is 2.10. The second kappa shape index (κ2) is 7.04. The summed E-state index contributed by atoms with van der Waals surface area (Å²) in [6.45, 7) is 3.47. The highest BCUT2D eigenvalue weighted by Gasteiger charge is 2.16. The van der Waals surface area contributed by atoms with Crippen LogP contribution in [0.3, 0.4) is 0 Å². The summed E-state index contributed by atoms with van der Waals surface area (Å²) < 4.78 is 31.4. The van der Waals surface area contributed by atoms with E-state index in [0.29, 0.717) is 17.3 Å². The lowest BCUT2D eigenvalue weighted by atomic mass is 10.2. The van der Waals surface area contributed by atoms with Gasteiger partial charge >= 0.3 is 0 Å². The van der Waals surface area contributed by atoms with Gasteiger partial charge in [-0.3, -0.25) is 0 Å². The number of hydrogen-bond donors (Lipinski definition) is 2. The molecule has 0 amide bonds. The molecule has 0 aliphatic carbocycles. The molecule has 0 atom stereocenters. The molecule has 1 heterocycles. The van der Waals surface area contributed by atoms with Crippen LogP contribution in [0.5, 0.6) is 0 Å². The van der Waals surface area contributed by atoms with Gasteiger partial charge in [-0.15, -0.1) is 0 Å². The molecule has 0 bridgehead atoms. The van der Waals surface area contributed by atoms with Crippen molar-refractivity contribution in [2.45, 2.75) is 24.9 Å². The van der Waals surface area contributed by atoms with Crippen molar-refractivity contribution in [3.63, 3.8) is 0 Å². The van der Waals surface area contributed by atoms with E-state index in [9.17, 15) is 8.42 Å². The Morgan fingerprint density at radius 3 is 2.71 bits per heavy atom. The molecule has 6 nitrogen and oxygen atoms in total. The van der Waals surface area contributed by atoms with E-state index in [1.54, 1.807) is 12.1 Å². The third-order valence-corrected chi connectivity index (χ3v) is 4.59. The largest absolute Gasteiger partial charge is 0.364 e. The van der Waals surface area contributed by atoms with Crippen molar-refractivity contribution in [3.05, 3.63) is 46.8 Å². The third kappa shape index (κ3) is 4.28. The second-order valence-electron chi connectivity index (χ2n) is 4.35. The van der Waals surface area contributed by atoms with Gasteiger partial charge in [-0.25, -0.2) is 13.1 Å². The Morgan fingerprint density at radius 1 is 1.29 bits per heavy atom. The zero-order valence-corrected chi connectivity index (χ0v) is 13.0. The highest BCUT2D eigenvalue weighted by atomic mass is 35.5. The minimum absolute atomic E-state index is 0.0651. The van der Waals surface area contributed by atoms with E-state index in [0.717, 1.165) is 12.1 Å². The van der Waals surface area contributed by atoms with Gasteiger partial charge in [-0.1, -0.05) is 29.7 Å². The number of nitrogens with zero attached hydrogens (tertiary/aromatic N) is 1. The molecule has 1 aromatic carbocycles. The fourth-order valence-electron chi connectivity index (χ4n) is 1.68. The topological polar surface area (TPSA) is 84.2 Å². The summed E-state index contributed by atoms with van der Waals surface area (Å²) in [7, 11) is -3.63. The number of nitrogens with one attached hydrogen (secondary N) is 2. The normalized spacial score (nSPS) is 11.7. The highest BCUT2D eigenvalue weighted by molar-refractivity contribution is 7.89. The number of benzene rings is 1. The molecule has 2 rings (SSSR count). The minimum Gasteiger partial charge on any atom is -0.364 e. The molecule has 8 heteroatoms. The fourth-order valence-corrected chi connectivity index (χ4v) is 3.02. The lowest BCUT2D eigenvalue weighted by Crippen LogP contribution is -2.23. The zero-order valence-electron chi connectivity index (χ0n) is 11.5. The maximum Gasteiger partial charge on any atom is 0.240 e. The molecule has 0 aliphatic rings. The molecule has 0 unspecified atom stereocenters. The lowest BCUT2D eigenvalue weighted by Gasteiger charge is -2.09. The fraction of sp³-hybridized carbons (Fsp3) is 0.308. The maximum absolute atomic E-state index is 12.2. The van der Waals surface area contributed by atoms with Gasteiger partial charge in [0.2, 0.25) is 10.0 Å². The van der Waals surface area contributed by atoms with Crippen molar-refractivity contribution in [3.8, 4) is 0 Å². The van der Waals surface area contributed by atoms with E-state index in [2.05, 4.69) is 19.7 Å². The Morgan fingerprint density at radius 2 is 2.10 bits per heavy atom. The van der Waals surface area contributed by atoms with Crippen LogP contribution in [0, 0.1) is 0 Å². The van der Waals surface area contributed by atoms with Crippen molar-refractivity contribution < 1.29 is 12.9 Å². The average Bonchev–Trinajstić information content (AvgIpc) is 2.97. The summed E-state index contributed by atoms with van der Waals surface area (Å²) >= 11 is 6.11. The van der Waals surface area contributed by atoms with Crippen LogP contribution >= 0.6 is 11.6 Å². The van der Waals surface area contributed by atoms with E-state index >= 15 is 0 Å². The maximum atomic E-state index is 12.2. The van der Waals surface area contributed by atoms with Gasteiger partial charge < -0.3 is 9.84 Å². The number of aromatic nitrogens is 1. The van der Waals surface area contributed by atoms with Crippen molar-refractivity contribution in [1.82, 2.24) is 15.2 Å². The summed E-state index contributed by atoms with van der Waals surface area (Å²) in [6, 6.07) is 6.27. The monoisotopic (exact) mass is 329 g/mol. The zero-order chi connectivity index (χ0) is 15.3. The number of halogens is 1. The van der Waals surface area contributed by atoms with Crippen molar-refractivity contribution in [2.75, 3.05) is 6.54 Å². The number of hydrogen-bond acceptors (Lipinski definition) is 5. The molecule has 21 heavy (non-hydrogen) atoms. The summed E-state index contributed by atoms with van der Waals surface area (Å²) in [5.41, 5.74) is 1.36. The quantitative estimate of drug-likeness (QED) is 0.810. The van der Waals surface area contributed by atoms with Gasteiger partial charge in [-0.2, -0.15) is 0 Å². The van der Waals surface area contributed by atoms with Crippen LogP contribution in [-0.4, -0.2) is 20.1 Å². The Kier molecular flexibility index (Phi) is 5.35. The van der Waals surface area contributed by atoms with Crippen molar-refractivity contribution in [1.29, 1.82) is 0 Å². The second-order valence-corrected chi connectivity index (χ2v) is 6.52. The minimum atomic E-state index is -3.63. The SMILES string of the molecule is CCNCc1ccc(S(=O)(=O)NCc2ccon2)cc1Cl. The molecular formula is C13H16ClN3O3S. The van der Waals surface area contributed by atoms with Crippen molar-refractivity contribution in [2.24, 2.45) is 0 Å². The van der Waals surface area contributed by atoms with Gasteiger partial charge in [0.1, 0.15) is 6.26 Å². The van der Waals surface area contributed by atoms with Gasteiger partial charge in [0, 0.05) is 17.6 Å². The molecule has 1 aromatic heterocycles. The highest BCUT2D eigenvalue weighted by Crippen LogP contribution is 2.21. The lowest BCUT2D eigenvalue weighted by molar-refractivity contribution is 0.411. The molecule has 0 saturated heterocycles. The van der Waals surface area contributed by atoms with Crippen LogP contribution in [0.15, 0.2) is 39.9 Å². The third-order valence-electron chi connectivity index (χ3n) is 2.83. The Labute approximate surface area is 128 Å². The smallest absolute Gasteiger partial charge is 0.240 e. The van der Waals surface area contributed by atoms with E-state index in [1.165, 1.54) is 18.4 Å². The van der Waals surface area contributed by atoms with Crippen LogP contribution in [0.4, 0.5) is 0 Å². The van der Waals surface area contributed by atoms with Crippen molar-refractivity contribution >= 4 is 21.6 Å². The molecule has 0 radical (unpaired) electrons. The number of rotatable bonds is 7. The predicted molar refractivity (Wildman–Crippen MR) is 79.4 cm³/mol. The standard InChI is InChI=1S/C13H16ClN3O3S/c1-2-15-8-10-3-4-12(7-13(10)14)21(18,19)16-9-11-5-6-20-17-11/h3-7,15-16H,2,8-9H2,1H3. The van der Waals surface area contributed by atoms with E-state index in [-0.39, 0.29) is 11.4 Å². The van der Waals surface area contributed by atoms with Gasteiger partial charge in [0.05, 0.1) is 17.1 Å². The molecule has 2 aromatic rings. The Bertz CT molecular complexity index is 687. The Hall–Kier alpha value is -1.41. The van der Waals surface area contributed by atoms with Gasteiger partial charge in [-0.05, 0) is 24.2 Å². The molecule has 0 fully saturated rings. The van der Waals surface area contributed by atoms with Crippen LogP contribution < -0.4 is 10.0 Å². The van der Waals surface area contributed by atoms with Crippen LogP contribution in [0.2, 0.25) is 5.02 Å².